The van der Waals surface area contributed by atoms with Crippen molar-refractivity contribution >= 4 is 17.8 Å². The van der Waals surface area contributed by atoms with Crippen LogP contribution in [0.1, 0.15) is 56.5 Å². The molecule has 4 rings (SSSR count). The maximum Gasteiger partial charge on any atom is 0.317 e. The van der Waals surface area contributed by atoms with Gasteiger partial charge in [0.15, 0.2) is 0 Å². The van der Waals surface area contributed by atoms with Gasteiger partial charge in [-0.05, 0) is 63.4 Å². The van der Waals surface area contributed by atoms with E-state index in [1.807, 2.05) is 52.0 Å². The van der Waals surface area contributed by atoms with E-state index in [4.69, 9.17) is 14.2 Å². The largest absolute Gasteiger partial charge is 0.491 e. The highest BCUT2D eigenvalue weighted by atomic mass is 16.5. The van der Waals surface area contributed by atoms with Crippen LogP contribution in [-0.2, 0) is 16.1 Å². The van der Waals surface area contributed by atoms with E-state index in [0.717, 1.165) is 12.0 Å². The molecule has 2 aliphatic heterocycles. The molecule has 2 atom stereocenters. The van der Waals surface area contributed by atoms with Crippen LogP contribution in [0.2, 0.25) is 0 Å². The highest BCUT2D eigenvalue weighted by Gasteiger charge is 2.34. The minimum atomic E-state index is -0.427. The van der Waals surface area contributed by atoms with E-state index in [0.29, 0.717) is 62.0 Å². The summed E-state index contributed by atoms with van der Waals surface area (Å²) in [6.07, 6.45) is 1.01. The average molecular weight is 553 g/mol. The minimum Gasteiger partial charge on any atom is -0.491 e. The minimum absolute atomic E-state index is 0.100. The Kier molecular flexibility index (Phi) is 9.87. The van der Waals surface area contributed by atoms with Gasteiger partial charge in [-0.25, -0.2) is 4.79 Å². The molecule has 2 aromatic rings. The molecule has 40 heavy (non-hydrogen) atoms. The van der Waals surface area contributed by atoms with Crippen molar-refractivity contribution in [2.24, 2.45) is 0 Å². The van der Waals surface area contributed by atoms with Crippen LogP contribution < -0.4 is 20.1 Å². The maximum absolute atomic E-state index is 13.6. The maximum atomic E-state index is 13.6. The first-order valence-electron chi connectivity index (χ1n) is 14.1. The number of fused-ring (bicyclic) bond motifs is 5. The summed E-state index contributed by atoms with van der Waals surface area (Å²) in [4.78, 5) is 42.7. The van der Waals surface area contributed by atoms with Crippen LogP contribution >= 0.6 is 0 Å². The van der Waals surface area contributed by atoms with E-state index in [2.05, 4.69) is 10.6 Å². The number of carbonyl (C=O) groups is 3. The predicted molar refractivity (Wildman–Crippen MR) is 151 cm³/mol. The summed E-state index contributed by atoms with van der Waals surface area (Å²) in [5, 5.41) is 5.96. The monoisotopic (exact) mass is 552 g/mol. The lowest BCUT2D eigenvalue weighted by molar-refractivity contribution is -0.124. The first-order chi connectivity index (χ1) is 19.2. The molecule has 0 aliphatic carbocycles. The van der Waals surface area contributed by atoms with E-state index in [1.54, 1.807) is 23.1 Å². The fourth-order valence-electron chi connectivity index (χ4n) is 4.86. The molecule has 0 saturated carbocycles. The number of ether oxygens (including phenoxy) is 3. The average Bonchev–Trinajstić information content (AvgIpc) is 2.92. The van der Waals surface area contributed by atoms with Gasteiger partial charge in [0.1, 0.15) is 17.2 Å². The Labute approximate surface area is 235 Å². The number of urea groups is 1. The fourth-order valence-corrected chi connectivity index (χ4v) is 4.86. The Balaban J connectivity index is 1.65. The second-order valence-electron chi connectivity index (χ2n) is 10.4. The molecule has 4 bridgehead atoms. The summed E-state index contributed by atoms with van der Waals surface area (Å²) >= 11 is 0. The van der Waals surface area contributed by atoms with Crippen LogP contribution in [0.4, 0.5) is 4.79 Å². The molecule has 2 aliphatic rings. The zero-order valence-electron chi connectivity index (χ0n) is 23.8. The highest BCUT2D eigenvalue weighted by molar-refractivity contribution is 5.97. The Morgan fingerprint density at radius 1 is 1.15 bits per heavy atom. The van der Waals surface area contributed by atoms with Gasteiger partial charge in [-0.2, -0.15) is 0 Å². The summed E-state index contributed by atoms with van der Waals surface area (Å²) in [6, 6.07) is 12.1. The van der Waals surface area contributed by atoms with Crippen molar-refractivity contribution in [2.75, 3.05) is 32.7 Å². The first kappa shape index (κ1) is 29.2. The molecule has 10 nitrogen and oxygen atoms in total. The summed E-state index contributed by atoms with van der Waals surface area (Å²) in [5.74, 6) is 0.941. The van der Waals surface area contributed by atoms with Crippen molar-refractivity contribution in [1.29, 1.82) is 0 Å². The predicted octanol–water partition coefficient (Wildman–Crippen LogP) is 3.94. The lowest BCUT2D eigenvalue weighted by Gasteiger charge is -2.39. The van der Waals surface area contributed by atoms with Crippen molar-refractivity contribution < 1.29 is 28.6 Å². The third-order valence-electron chi connectivity index (χ3n) is 6.81. The van der Waals surface area contributed by atoms with Crippen LogP contribution in [0.5, 0.6) is 17.2 Å². The number of benzene rings is 2. The Bertz CT molecular complexity index is 1200. The van der Waals surface area contributed by atoms with Crippen LogP contribution in [0, 0.1) is 0 Å². The van der Waals surface area contributed by atoms with E-state index in [9.17, 15) is 14.4 Å². The Hall–Kier alpha value is -3.79. The third-order valence-corrected chi connectivity index (χ3v) is 6.81. The standard InChI is InChI=1S/C30H40N4O6/c1-5-11-31-30(37)34-12-10-27-26(17-34)32-28(35)18-33(6-2)29(36)22-14-24(39-20(3)4)16-25(15-22)40-23-9-7-8-21(13-23)19-38-27/h7-9,13-16,20,26-27H,5-6,10-12,17-19H2,1-4H3,(H,31,37)(H,32,35)/t26-,27-/m0/s1. The molecule has 10 heteroatoms. The second-order valence-corrected chi connectivity index (χ2v) is 10.4. The number of nitrogens with zero attached hydrogens (tertiary/aromatic N) is 2. The summed E-state index contributed by atoms with van der Waals surface area (Å²) in [7, 11) is 0. The number of nitrogens with one attached hydrogen (secondary N) is 2. The molecule has 0 radical (unpaired) electrons. The van der Waals surface area contributed by atoms with Gasteiger partial charge in [-0.1, -0.05) is 19.1 Å². The van der Waals surface area contributed by atoms with Crippen molar-refractivity contribution in [2.45, 2.75) is 65.4 Å². The summed E-state index contributed by atoms with van der Waals surface area (Å²) in [5.41, 5.74) is 1.27. The van der Waals surface area contributed by atoms with Gasteiger partial charge in [0.25, 0.3) is 5.91 Å². The summed E-state index contributed by atoms with van der Waals surface area (Å²) in [6.45, 7) is 9.57. The normalized spacial score (nSPS) is 19.9. The molecule has 216 valence electrons. The van der Waals surface area contributed by atoms with Gasteiger partial charge in [0, 0.05) is 37.8 Å². The molecule has 0 spiro atoms. The number of hydrogen-bond acceptors (Lipinski definition) is 6. The van der Waals surface area contributed by atoms with Crippen LogP contribution in [0.25, 0.3) is 0 Å². The summed E-state index contributed by atoms with van der Waals surface area (Å²) < 4.78 is 18.4. The van der Waals surface area contributed by atoms with E-state index in [-0.39, 0.29) is 36.6 Å². The van der Waals surface area contributed by atoms with Crippen molar-refractivity contribution in [1.82, 2.24) is 20.4 Å². The number of likely N-dealkylation sites (N-methyl/N-ethyl adjacent to an activating group) is 1. The van der Waals surface area contributed by atoms with Crippen LogP contribution in [0.3, 0.4) is 0 Å². The quantitative estimate of drug-likeness (QED) is 0.582. The molecule has 1 fully saturated rings. The molecular weight excluding hydrogens is 512 g/mol. The number of carbonyl (C=O) groups excluding carboxylic acids is 3. The topological polar surface area (TPSA) is 109 Å². The molecule has 2 N–H and O–H groups in total. The smallest absolute Gasteiger partial charge is 0.317 e. The Morgan fingerprint density at radius 2 is 1.98 bits per heavy atom. The van der Waals surface area contributed by atoms with Crippen LogP contribution in [0.15, 0.2) is 42.5 Å². The van der Waals surface area contributed by atoms with Crippen molar-refractivity contribution in [3.05, 3.63) is 53.6 Å². The molecule has 2 aromatic carbocycles. The molecular formula is C30H40N4O6. The number of piperidine rings is 1. The Morgan fingerprint density at radius 3 is 2.73 bits per heavy atom. The second kappa shape index (κ2) is 13.5. The van der Waals surface area contributed by atoms with E-state index >= 15 is 0 Å². The van der Waals surface area contributed by atoms with Gasteiger partial charge in [-0.3, -0.25) is 9.59 Å². The van der Waals surface area contributed by atoms with E-state index in [1.165, 1.54) is 4.90 Å². The zero-order chi connectivity index (χ0) is 28.6. The molecule has 2 heterocycles. The fraction of sp³-hybridized carbons (Fsp3) is 0.500. The third kappa shape index (κ3) is 7.65. The SMILES string of the molecule is CCCNC(=O)N1CC[C@@H]2OCc3cccc(c3)Oc3cc(OC(C)C)cc(c3)C(=O)N(CC)CC(=O)N[C@H]2C1. The van der Waals surface area contributed by atoms with E-state index < -0.39 is 6.04 Å². The number of amides is 4. The first-order valence-corrected chi connectivity index (χ1v) is 14.1. The molecule has 0 aromatic heterocycles. The van der Waals surface area contributed by atoms with Crippen LogP contribution in [-0.4, -0.2) is 78.6 Å². The number of hydrogen-bond donors (Lipinski definition) is 2. The molecule has 0 unspecified atom stereocenters. The van der Waals surface area contributed by atoms with Gasteiger partial charge in [0.05, 0.1) is 31.4 Å². The number of likely N-dealkylation sites (tertiary alicyclic amines) is 1. The van der Waals surface area contributed by atoms with Gasteiger partial charge < -0.3 is 34.6 Å². The zero-order valence-corrected chi connectivity index (χ0v) is 23.8. The lowest BCUT2D eigenvalue weighted by atomic mass is 10.0. The van der Waals surface area contributed by atoms with Gasteiger partial charge in [0.2, 0.25) is 5.91 Å². The highest BCUT2D eigenvalue weighted by Crippen LogP contribution is 2.30. The number of rotatable bonds is 5. The lowest BCUT2D eigenvalue weighted by Crippen LogP contribution is -2.59. The van der Waals surface area contributed by atoms with Crippen molar-refractivity contribution in [3.63, 3.8) is 0 Å². The van der Waals surface area contributed by atoms with Gasteiger partial charge in [-0.15, -0.1) is 0 Å². The molecule has 1 saturated heterocycles. The van der Waals surface area contributed by atoms with Gasteiger partial charge >= 0.3 is 6.03 Å². The molecule has 4 amide bonds. The van der Waals surface area contributed by atoms with Crippen molar-refractivity contribution in [3.8, 4) is 17.2 Å².